The number of hydrogen-bond acceptors (Lipinski definition) is 4. The fourth-order valence-corrected chi connectivity index (χ4v) is 0.207. The number of carbonyl (C=O) groups is 2. The number of ether oxygens (including phenoxy) is 1. The molecule has 0 heterocycles. The number of primary amides is 1. The maximum absolute atomic E-state index is 9.94. The van der Waals surface area contributed by atoms with Crippen molar-refractivity contribution in [2.75, 3.05) is 13.2 Å². The maximum Gasteiger partial charge on any atom is 0.331 e. The molecule has 0 aliphatic carbocycles. The molecule has 0 aromatic carbocycles. The molecule has 0 radical (unpaired) electrons. The van der Waals surface area contributed by atoms with Crippen molar-refractivity contribution in [2.45, 2.75) is 13.8 Å². The normalized spacial score (nSPS) is 7.92. The first-order valence-electron chi connectivity index (χ1n) is 3.67. The summed E-state index contributed by atoms with van der Waals surface area (Å²) in [4.78, 5) is 19.8. The Labute approximate surface area is 77.2 Å². The summed E-state index contributed by atoms with van der Waals surface area (Å²) in [6.07, 6.45) is 0. The highest BCUT2D eigenvalue weighted by molar-refractivity contribution is 5.90. The summed E-state index contributed by atoms with van der Waals surface area (Å²) in [6.45, 7) is 6.35. The molecule has 0 saturated carbocycles. The van der Waals surface area contributed by atoms with Crippen molar-refractivity contribution >= 4 is 11.9 Å². The number of aliphatic hydroxyl groups is 1. The highest BCUT2D eigenvalue weighted by atomic mass is 16.5. The standard InChI is InChI=1S/C4H7NO.C4H8O3/c1-3(2)4(5)6;1-2-7-4(6)3-5/h1H2,2H3,(H2,5,6);5H,2-3H2,1H3. The maximum atomic E-state index is 9.94. The van der Waals surface area contributed by atoms with Crippen LogP contribution >= 0.6 is 0 Å². The van der Waals surface area contributed by atoms with Crippen LogP contribution in [0.3, 0.4) is 0 Å². The van der Waals surface area contributed by atoms with E-state index in [1.54, 1.807) is 13.8 Å². The van der Waals surface area contributed by atoms with Gasteiger partial charge in [-0.25, -0.2) is 4.79 Å². The number of nitrogens with two attached hydrogens (primary N) is 1. The fraction of sp³-hybridized carbons (Fsp3) is 0.500. The van der Waals surface area contributed by atoms with E-state index in [9.17, 15) is 9.59 Å². The third-order valence-electron chi connectivity index (χ3n) is 0.855. The molecule has 0 aromatic heterocycles. The Kier molecular flexibility index (Phi) is 9.53. The third kappa shape index (κ3) is 13.6. The van der Waals surface area contributed by atoms with Crippen LogP contribution in [0.2, 0.25) is 0 Å². The molecule has 1 amide bonds. The minimum Gasteiger partial charge on any atom is -0.464 e. The van der Waals surface area contributed by atoms with E-state index >= 15 is 0 Å². The van der Waals surface area contributed by atoms with Gasteiger partial charge in [0.25, 0.3) is 0 Å². The van der Waals surface area contributed by atoms with Crippen molar-refractivity contribution in [1.82, 2.24) is 0 Å². The van der Waals surface area contributed by atoms with Gasteiger partial charge in [0.1, 0.15) is 6.61 Å². The number of aliphatic hydroxyl groups excluding tert-OH is 1. The van der Waals surface area contributed by atoms with Gasteiger partial charge in [-0.1, -0.05) is 6.58 Å². The van der Waals surface area contributed by atoms with E-state index in [1.165, 1.54) is 0 Å². The minimum atomic E-state index is -0.567. The molecule has 5 nitrogen and oxygen atoms in total. The van der Waals surface area contributed by atoms with Gasteiger partial charge in [0.2, 0.25) is 5.91 Å². The highest BCUT2D eigenvalue weighted by Gasteiger charge is 1.92. The topological polar surface area (TPSA) is 89.6 Å². The zero-order chi connectivity index (χ0) is 10.9. The van der Waals surface area contributed by atoms with Crippen molar-refractivity contribution in [2.24, 2.45) is 5.73 Å². The predicted molar refractivity (Wildman–Crippen MR) is 47.7 cm³/mol. The summed E-state index contributed by atoms with van der Waals surface area (Å²) < 4.78 is 4.30. The molecule has 5 heteroatoms. The Morgan fingerprint density at radius 1 is 1.54 bits per heavy atom. The van der Waals surface area contributed by atoms with Gasteiger partial charge >= 0.3 is 5.97 Å². The van der Waals surface area contributed by atoms with Crippen LogP contribution < -0.4 is 5.73 Å². The third-order valence-corrected chi connectivity index (χ3v) is 0.855. The van der Waals surface area contributed by atoms with Crippen molar-refractivity contribution in [3.8, 4) is 0 Å². The smallest absolute Gasteiger partial charge is 0.331 e. The second-order valence-electron chi connectivity index (χ2n) is 2.11. The van der Waals surface area contributed by atoms with Gasteiger partial charge in [0, 0.05) is 5.57 Å². The van der Waals surface area contributed by atoms with Crippen LogP contribution in [0.25, 0.3) is 0 Å². The zero-order valence-corrected chi connectivity index (χ0v) is 7.87. The van der Waals surface area contributed by atoms with E-state index in [1.807, 2.05) is 0 Å². The average molecular weight is 189 g/mol. The van der Waals surface area contributed by atoms with Crippen molar-refractivity contribution in [1.29, 1.82) is 0 Å². The Morgan fingerprint density at radius 2 is 1.92 bits per heavy atom. The van der Waals surface area contributed by atoms with Crippen LogP contribution in [0.15, 0.2) is 12.2 Å². The predicted octanol–water partition coefficient (Wildman–Crippen LogP) is -0.410. The molecule has 0 spiro atoms. The van der Waals surface area contributed by atoms with E-state index in [4.69, 9.17) is 10.8 Å². The van der Waals surface area contributed by atoms with E-state index in [2.05, 4.69) is 11.3 Å². The van der Waals surface area contributed by atoms with Gasteiger partial charge in [-0.2, -0.15) is 0 Å². The molecule has 76 valence electrons. The summed E-state index contributed by atoms with van der Waals surface area (Å²) >= 11 is 0. The van der Waals surface area contributed by atoms with Gasteiger partial charge in [0.05, 0.1) is 6.61 Å². The quantitative estimate of drug-likeness (QED) is 0.466. The van der Waals surface area contributed by atoms with Crippen LogP contribution in [0.4, 0.5) is 0 Å². The molecular weight excluding hydrogens is 174 g/mol. The summed E-state index contributed by atoms with van der Waals surface area (Å²) in [7, 11) is 0. The lowest BCUT2D eigenvalue weighted by Crippen LogP contribution is -2.10. The number of carbonyl (C=O) groups excluding carboxylic acids is 2. The second-order valence-corrected chi connectivity index (χ2v) is 2.11. The summed E-state index contributed by atoms with van der Waals surface area (Å²) in [5.74, 6) is -1.00. The molecule has 0 aromatic rings. The van der Waals surface area contributed by atoms with Gasteiger partial charge in [0.15, 0.2) is 0 Å². The number of rotatable bonds is 3. The fourth-order valence-electron chi connectivity index (χ4n) is 0.207. The molecule has 3 N–H and O–H groups in total. The first kappa shape index (κ1) is 14.2. The number of hydrogen-bond donors (Lipinski definition) is 2. The second kappa shape index (κ2) is 8.73. The molecule has 0 atom stereocenters. The molecule has 0 fully saturated rings. The van der Waals surface area contributed by atoms with E-state index in [0.717, 1.165) is 0 Å². The summed E-state index contributed by atoms with van der Waals surface area (Å²) in [6, 6.07) is 0. The molecule has 0 aliphatic rings. The Hall–Kier alpha value is -1.36. The molecule has 13 heavy (non-hydrogen) atoms. The molecular formula is C8H15NO4. The van der Waals surface area contributed by atoms with Gasteiger partial charge in [-0.3, -0.25) is 4.79 Å². The zero-order valence-electron chi connectivity index (χ0n) is 7.87. The highest BCUT2D eigenvalue weighted by Crippen LogP contribution is 1.78. The molecule has 0 saturated heterocycles. The lowest BCUT2D eigenvalue weighted by atomic mass is 10.3. The summed E-state index contributed by atoms with van der Waals surface area (Å²) in [5.41, 5.74) is 5.09. The Morgan fingerprint density at radius 3 is 2.00 bits per heavy atom. The van der Waals surface area contributed by atoms with Crippen molar-refractivity contribution < 1.29 is 19.4 Å². The van der Waals surface area contributed by atoms with Gasteiger partial charge in [-0.15, -0.1) is 0 Å². The van der Waals surface area contributed by atoms with Crippen LogP contribution in [-0.4, -0.2) is 30.2 Å². The van der Waals surface area contributed by atoms with Crippen LogP contribution in [0.5, 0.6) is 0 Å². The summed E-state index contributed by atoms with van der Waals surface area (Å²) in [5, 5.41) is 7.99. The van der Waals surface area contributed by atoms with Crippen LogP contribution in [0, 0.1) is 0 Å². The molecule has 0 bridgehead atoms. The first-order valence-corrected chi connectivity index (χ1v) is 3.67. The Balaban J connectivity index is 0. The largest absolute Gasteiger partial charge is 0.464 e. The molecule has 0 unspecified atom stereocenters. The van der Waals surface area contributed by atoms with Crippen LogP contribution in [0.1, 0.15) is 13.8 Å². The van der Waals surface area contributed by atoms with E-state index in [0.29, 0.717) is 12.2 Å². The average Bonchev–Trinajstić information content (AvgIpc) is 2.05. The molecule has 0 rings (SSSR count). The Bertz CT molecular complexity index is 177. The van der Waals surface area contributed by atoms with E-state index < -0.39 is 18.5 Å². The minimum absolute atomic E-state index is 0.333. The number of amides is 1. The molecule has 0 aliphatic heterocycles. The number of esters is 1. The first-order chi connectivity index (χ1) is 5.95. The SMILES string of the molecule is C=C(C)C(N)=O.CCOC(=O)CO. The van der Waals surface area contributed by atoms with Crippen LogP contribution in [-0.2, 0) is 14.3 Å². The van der Waals surface area contributed by atoms with E-state index in [-0.39, 0.29) is 0 Å². The lowest BCUT2D eigenvalue weighted by Gasteiger charge is -1.93. The van der Waals surface area contributed by atoms with Gasteiger partial charge < -0.3 is 15.6 Å². The van der Waals surface area contributed by atoms with Crippen molar-refractivity contribution in [3.63, 3.8) is 0 Å². The van der Waals surface area contributed by atoms with Crippen molar-refractivity contribution in [3.05, 3.63) is 12.2 Å². The monoisotopic (exact) mass is 189 g/mol. The van der Waals surface area contributed by atoms with Gasteiger partial charge in [-0.05, 0) is 13.8 Å². The lowest BCUT2D eigenvalue weighted by molar-refractivity contribution is -0.146.